The first kappa shape index (κ1) is 19.7. The van der Waals surface area contributed by atoms with E-state index in [1.807, 2.05) is 54.4 Å². The number of benzene rings is 3. The van der Waals surface area contributed by atoms with Gasteiger partial charge < -0.3 is 9.80 Å². The number of halogens is 1. The van der Waals surface area contributed by atoms with Crippen LogP contribution in [0.2, 0.25) is 0 Å². The van der Waals surface area contributed by atoms with E-state index in [9.17, 15) is 14.0 Å². The molecule has 0 aromatic heterocycles. The van der Waals surface area contributed by atoms with Crippen LogP contribution in [0.3, 0.4) is 0 Å². The molecule has 2 aliphatic heterocycles. The predicted octanol–water partition coefficient (Wildman–Crippen LogP) is 3.54. The summed E-state index contributed by atoms with van der Waals surface area (Å²) in [4.78, 5) is 31.5. The Bertz CT molecular complexity index is 1180. The van der Waals surface area contributed by atoms with E-state index in [-0.39, 0.29) is 29.7 Å². The maximum absolute atomic E-state index is 13.8. The number of anilines is 1. The minimum atomic E-state index is -0.363. The molecule has 0 unspecified atom stereocenters. The van der Waals surface area contributed by atoms with Crippen LogP contribution < -0.4 is 4.90 Å². The molecule has 0 bridgehead atoms. The van der Waals surface area contributed by atoms with Crippen LogP contribution in [0.5, 0.6) is 0 Å². The van der Waals surface area contributed by atoms with Crippen molar-refractivity contribution in [1.29, 1.82) is 0 Å². The third kappa shape index (κ3) is 3.47. The Morgan fingerprint density at radius 3 is 2.58 bits per heavy atom. The van der Waals surface area contributed by atoms with Crippen LogP contribution in [-0.2, 0) is 4.79 Å². The summed E-state index contributed by atoms with van der Waals surface area (Å²) in [6.07, 6.45) is 0.766. The Hall–Kier alpha value is -3.25. The fraction of sp³-hybridized carbons (Fsp3) is 0.280. The molecule has 0 radical (unpaired) electrons. The number of hydrogen-bond donors (Lipinski definition) is 0. The number of nitrogens with zero attached hydrogens (tertiary/aromatic N) is 3. The molecule has 2 fully saturated rings. The number of likely N-dealkylation sites (tertiary alicyclic amines) is 1. The van der Waals surface area contributed by atoms with Gasteiger partial charge in [-0.1, -0.05) is 36.4 Å². The van der Waals surface area contributed by atoms with E-state index >= 15 is 0 Å². The molecule has 2 amide bonds. The Labute approximate surface area is 180 Å². The molecular formula is C25H24FN3O2. The molecule has 31 heavy (non-hydrogen) atoms. The lowest BCUT2D eigenvalue weighted by molar-refractivity contribution is -0.123. The number of likely N-dealkylation sites (N-methyl/N-ethyl adjacent to an activating group) is 1. The van der Waals surface area contributed by atoms with Gasteiger partial charge in [-0.3, -0.25) is 14.5 Å². The molecule has 2 aliphatic rings. The van der Waals surface area contributed by atoms with Crippen molar-refractivity contribution in [2.45, 2.75) is 12.0 Å². The lowest BCUT2D eigenvalue weighted by Gasteiger charge is -2.46. The Kier molecular flexibility index (Phi) is 4.74. The van der Waals surface area contributed by atoms with Gasteiger partial charge in [0.25, 0.3) is 5.91 Å². The number of amides is 2. The summed E-state index contributed by atoms with van der Waals surface area (Å²) < 4.78 is 13.8. The van der Waals surface area contributed by atoms with Crippen LogP contribution in [0, 0.1) is 5.82 Å². The fourth-order valence-corrected chi connectivity index (χ4v) is 4.81. The molecule has 158 valence electrons. The first-order valence-corrected chi connectivity index (χ1v) is 10.5. The fourth-order valence-electron chi connectivity index (χ4n) is 4.81. The molecule has 2 heterocycles. The van der Waals surface area contributed by atoms with Gasteiger partial charge in [-0.2, -0.15) is 0 Å². The van der Waals surface area contributed by atoms with Gasteiger partial charge in [-0.05, 0) is 54.6 Å². The molecule has 0 saturated carbocycles. The molecule has 0 N–H and O–H groups in total. The number of piperazine rings is 1. The van der Waals surface area contributed by atoms with Gasteiger partial charge in [0.15, 0.2) is 0 Å². The van der Waals surface area contributed by atoms with Crippen molar-refractivity contribution in [3.8, 4) is 0 Å². The maximum Gasteiger partial charge on any atom is 0.253 e. The largest absolute Gasteiger partial charge is 0.337 e. The quantitative estimate of drug-likeness (QED) is 0.641. The zero-order chi connectivity index (χ0) is 21.6. The Morgan fingerprint density at radius 1 is 0.968 bits per heavy atom. The van der Waals surface area contributed by atoms with Crippen LogP contribution in [-0.4, -0.2) is 60.4 Å². The second-order valence-corrected chi connectivity index (χ2v) is 8.58. The standard InChI is InChI=1S/C25H24FN3O2/c1-27-15-23(30)29(22-8-4-7-21(26)14-22)17-25(27)11-12-28(16-25)24(31)20-10-9-18-5-2-3-6-19(18)13-20/h2-10,13-14H,11-12,15-17H2,1H3/t25-/m0/s1. The second kappa shape index (κ2) is 7.46. The minimum Gasteiger partial charge on any atom is -0.337 e. The molecule has 3 aromatic carbocycles. The van der Waals surface area contributed by atoms with Crippen molar-refractivity contribution < 1.29 is 14.0 Å². The zero-order valence-corrected chi connectivity index (χ0v) is 17.4. The monoisotopic (exact) mass is 417 g/mol. The maximum atomic E-state index is 13.8. The lowest BCUT2D eigenvalue weighted by atomic mass is 9.92. The highest BCUT2D eigenvalue weighted by atomic mass is 19.1. The molecule has 1 spiro atoms. The summed E-state index contributed by atoms with van der Waals surface area (Å²) in [5, 5.41) is 2.15. The highest BCUT2D eigenvalue weighted by Crippen LogP contribution is 2.34. The van der Waals surface area contributed by atoms with Crippen LogP contribution in [0.15, 0.2) is 66.7 Å². The molecule has 3 aromatic rings. The first-order valence-electron chi connectivity index (χ1n) is 10.5. The van der Waals surface area contributed by atoms with E-state index in [0.29, 0.717) is 30.9 Å². The number of carbonyl (C=O) groups is 2. The average Bonchev–Trinajstić information content (AvgIpc) is 3.21. The summed E-state index contributed by atoms with van der Waals surface area (Å²) >= 11 is 0. The predicted molar refractivity (Wildman–Crippen MR) is 119 cm³/mol. The number of fused-ring (bicyclic) bond motifs is 1. The molecule has 0 aliphatic carbocycles. The number of hydrogen-bond acceptors (Lipinski definition) is 3. The number of carbonyl (C=O) groups excluding carboxylic acids is 2. The SMILES string of the molecule is CN1CC(=O)N(c2cccc(F)c2)C[C@@]12CCN(C(=O)c1ccc3ccccc3c1)C2. The molecule has 5 nitrogen and oxygen atoms in total. The van der Waals surface area contributed by atoms with Gasteiger partial charge in [-0.15, -0.1) is 0 Å². The summed E-state index contributed by atoms with van der Waals surface area (Å²) in [6, 6.07) is 19.9. The third-order valence-electron chi connectivity index (χ3n) is 6.67. The minimum absolute atomic E-state index is 0.00485. The summed E-state index contributed by atoms with van der Waals surface area (Å²) in [7, 11) is 1.94. The average molecular weight is 417 g/mol. The molecular weight excluding hydrogens is 393 g/mol. The molecule has 6 heteroatoms. The van der Waals surface area contributed by atoms with Gasteiger partial charge in [0.1, 0.15) is 5.82 Å². The van der Waals surface area contributed by atoms with Crippen LogP contribution in [0.4, 0.5) is 10.1 Å². The summed E-state index contributed by atoms with van der Waals surface area (Å²) in [6.45, 7) is 1.84. The zero-order valence-electron chi connectivity index (χ0n) is 17.4. The van der Waals surface area contributed by atoms with E-state index in [1.54, 1.807) is 17.0 Å². The highest BCUT2D eigenvalue weighted by Gasteiger charge is 2.48. The smallest absolute Gasteiger partial charge is 0.253 e. The highest BCUT2D eigenvalue weighted by molar-refractivity contribution is 5.99. The van der Waals surface area contributed by atoms with E-state index in [4.69, 9.17) is 0 Å². The van der Waals surface area contributed by atoms with Gasteiger partial charge in [0, 0.05) is 30.9 Å². The van der Waals surface area contributed by atoms with Gasteiger partial charge in [0.2, 0.25) is 5.91 Å². The van der Waals surface area contributed by atoms with Crippen LogP contribution >= 0.6 is 0 Å². The summed E-state index contributed by atoms with van der Waals surface area (Å²) in [5.74, 6) is -0.416. The van der Waals surface area contributed by atoms with E-state index in [1.165, 1.54) is 12.1 Å². The molecule has 5 rings (SSSR count). The Morgan fingerprint density at radius 2 is 1.77 bits per heavy atom. The van der Waals surface area contributed by atoms with Crippen molar-refractivity contribution in [2.75, 3.05) is 38.1 Å². The Balaban J connectivity index is 1.39. The normalized spacial score (nSPS) is 21.9. The number of rotatable bonds is 2. The van der Waals surface area contributed by atoms with Crippen molar-refractivity contribution >= 4 is 28.3 Å². The van der Waals surface area contributed by atoms with E-state index in [0.717, 1.165) is 17.2 Å². The lowest BCUT2D eigenvalue weighted by Crippen LogP contribution is -2.64. The van der Waals surface area contributed by atoms with Crippen molar-refractivity contribution in [3.05, 3.63) is 78.1 Å². The summed E-state index contributed by atoms with van der Waals surface area (Å²) in [5.41, 5.74) is 0.899. The first-order chi connectivity index (χ1) is 14.9. The second-order valence-electron chi connectivity index (χ2n) is 8.58. The van der Waals surface area contributed by atoms with E-state index < -0.39 is 0 Å². The van der Waals surface area contributed by atoms with Crippen molar-refractivity contribution in [3.63, 3.8) is 0 Å². The van der Waals surface area contributed by atoms with Gasteiger partial charge >= 0.3 is 0 Å². The van der Waals surface area contributed by atoms with Gasteiger partial charge in [0.05, 0.1) is 12.1 Å². The topological polar surface area (TPSA) is 43.9 Å². The molecule has 1 atom stereocenters. The van der Waals surface area contributed by atoms with Crippen molar-refractivity contribution in [2.24, 2.45) is 0 Å². The van der Waals surface area contributed by atoms with Crippen molar-refractivity contribution in [1.82, 2.24) is 9.80 Å². The van der Waals surface area contributed by atoms with Crippen LogP contribution in [0.25, 0.3) is 10.8 Å². The molecule has 2 saturated heterocycles. The third-order valence-corrected chi connectivity index (χ3v) is 6.67. The van der Waals surface area contributed by atoms with Gasteiger partial charge in [-0.25, -0.2) is 4.39 Å². The van der Waals surface area contributed by atoms with E-state index in [2.05, 4.69) is 4.90 Å². The van der Waals surface area contributed by atoms with Crippen LogP contribution in [0.1, 0.15) is 16.8 Å².